The molecule has 1 atom stereocenters. The largest absolute Gasteiger partial charge is 0.377 e. The van der Waals surface area contributed by atoms with Gasteiger partial charge in [-0.15, -0.1) is 0 Å². The van der Waals surface area contributed by atoms with E-state index in [1.165, 1.54) is 0 Å². The number of hydrogen-bond donors (Lipinski definition) is 2. The molecule has 1 saturated heterocycles. The van der Waals surface area contributed by atoms with Crippen LogP contribution in [-0.4, -0.2) is 42.7 Å². The fourth-order valence-electron chi connectivity index (χ4n) is 2.41. The Bertz CT molecular complexity index is 490. The van der Waals surface area contributed by atoms with E-state index >= 15 is 0 Å². The molecule has 1 aliphatic heterocycles. The molecule has 1 amide bonds. The van der Waals surface area contributed by atoms with Crippen molar-refractivity contribution >= 4 is 11.6 Å². The normalized spacial score (nSPS) is 22.6. The summed E-state index contributed by atoms with van der Waals surface area (Å²) in [6.07, 6.45) is 3.92. The van der Waals surface area contributed by atoms with E-state index in [0.29, 0.717) is 32.3 Å². The number of carbonyl (C=O) groups excluding carboxylic acids is 1. The van der Waals surface area contributed by atoms with Crippen LogP contribution in [0.4, 0.5) is 5.69 Å². The number of morpholine rings is 1. The van der Waals surface area contributed by atoms with Crippen LogP contribution in [0.15, 0.2) is 18.3 Å². The van der Waals surface area contributed by atoms with Crippen LogP contribution in [0.3, 0.4) is 0 Å². The number of amides is 1. The number of nitrogens with one attached hydrogen (secondary N) is 1. The lowest BCUT2D eigenvalue weighted by Gasteiger charge is -2.36. The maximum Gasteiger partial charge on any atom is 0.245 e. The first-order chi connectivity index (χ1) is 9.78. The van der Waals surface area contributed by atoms with Gasteiger partial charge in [-0.3, -0.25) is 9.78 Å². The predicted octanol–water partition coefficient (Wildman–Crippen LogP) is 0.0241. The molecule has 0 radical (unpaired) electrons. The smallest absolute Gasteiger partial charge is 0.245 e. The number of hydrogen-bond acceptors (Lipinski definition) is 5. The van der Waals surface area contributed by atoms with E-state index < -0.39 is 0 Å². The number of nitrogens with two attached hydrogens (primary N) is 1. The Balaban J connectivity index is 1.77. The Morgan fingerprint density at radius 1 is 1.55 bits per heavy atom. The summed E-state index contributed by atoms with van der Waals surface area (Å²) in [6, 6.07) is 3.96. The number of anilines is 1. The molecule has 1 aromatic heterocycles. The van der Waals surface area contributed by atoms with Gasteiger partial charge < -0.3 is 20.7 Å². The van der Waals surface area contributed by atoms with Gasteiger partial charge in [-0.1, -0.05) is 0 Å². The molecule has 20 heavy (non-hydrogen) atoms. The first-order valence-electron chi connectivity index (χ1n) is 7.07. The lowest BCUT2D eigenvalue weighted by atomic mass is 10.1. The molecular weight excluding hydrogens is 256 g/mol. The summed E-state index contributed by atoms with van der Waals surface area (Å²) in [5.41, 5.74) is 7.45. The lowest BCUT2D eigenvalue weighted by molar-refractivity contribution is -0.124. The van der Waals surface area contributed by atoms with E-state index in [1.54, 1.807) is 6.20 Å². The molecule has 6 nitrogen and oxygen atoms in total. The van der Waals surface area contributed by atoms with Crippen molar-refractivity contribution < 1.29 is 9.53 Å². The number of rotatable bonds is 4. The minimum absolute atomic E-state index is 0.0540. The fourth-order valence-corrected chi connectivity index (χ4v) is 2.41. The maximum atomic E-state index is 12.3. The molecule has 2 fully saturated rings. The van der Waals surface area contributed by atoms with Gasteiger partial charge in [0.2, 0.25) is 5.91 Å². The zero-order valence-corrected chi connectivity index (χ0v) is 11.4. The number of aromatic nitrogens is 1. The SMILES string of the molecule is NCc1cc(N2CCOCC2C(=O)NC2CC2)ccn1. The van der Waals surface area contributed by atoms with Crippen LogP contribution in [0.25, 0.3) is 0 Å². The third-order valence-electron chi connectivity index (χ3n) is 3.70. The zero-order valence-electron chi connectivity index (χ0n) is 11.4. The van der Waals surface area contributed by atoms with Gasteiger partial charge in [0.05, 0.1) is 18.9 Å². The first kappa shape index (κ1) is 13.3. The predicted molar refractivity (Wildman–Crippen MR) is 75.2 cm³/mol. The van der Waals surface area contributed by atoms with Crippen LogP contribution in [-0.2, 0) is 16.1 Å². The second-order valence-corrected chi connectivity index (χ2v) is 5.28. The Labute approximate surface area is 118 Å². The highest BCUT2D eigenvalue weighted by Crippen LogP contribution is 2.23. The van der Waals surface area contributed by atoms with Crippen molar-refractivity contribution in [1.29, 1.82) is 0 Å². The highest BCUT2D eigenvalue weighted by atomic mass is 16.5. The molecule has 6 heteroatoms. The van der Waals surface area contributed by atoms with E-state index in [9.17, 15) is 4.79 Å². The maximum absolute atomic E-state index is 12.3. The average molecular weight is 276 g/mol. The van der Waals surface area contributed by atoms with Gasteiger partial charge >= 0.3 is 0 Å². The van der Waals surface area contributed by atoms with Crippen LogP contribution >= 0.6 is 0 Å². The van der Waals surface area contributed by atoms with Crippen LogP contribution in [0.5, 0.6) is 0 Å². The van der Waals surface area contributed by atoms with E-state index in [4.69, 9.17) is 10.5 Å². The molecule has 1 aromatic rings. The molecule has 1 aliphatic carbocycles. The molecule has 108 valence electrons. The van der Waals surface area contributed by atoms with Crippen molar-refractivity contribution in [1.82, 2.24) is 10.3 Å². The summed E-state index contributed by atoms with van der Waals surface area (Å²) in [4.78, 5) is 18.6. The van der Waals surface area contributed by atoms with Crippen LogP contribution < -0.4 is 16.0 Å². The van der Waals surface area contributed by atoms with Gasteiger partial charge in [-0.2, -0.15) is 0 Å². The van der Waals surface area contributed by atoms with Gasteiger partial charge in [0.25, 0.3) is 0 Å². The van der Waals surface area contributed by atoms with Crippen LogP contribution in [0.2, 0.25) is 0 Å². The third-order valence-corrected chi connectivity index (χ3v) is 3.70. The second-order valence-electron chi connectivity index (χ2n) is 5.28. The number of nitrogens with zero attached hydrogens (tertiary/aromatic N) is 2. The molecule has 1 unspecified atom stereocenters. The molecule has 1 saturated carbocycles. The zero-order chi connectivity index (χ0) is 13.9. The Morgan fingerprint density at radius 3 is 3.15 bits per heavy atom. The van der Waals surface area contributed by atoms with Gasteiger partial charge in [-0.05, 0) is 25.0 Å². The summed E-state index contributed by atoms with van der Waals surface area (Å²) in [5.74, 6) is 0.0540. The highest BCUT2D eigenvalue weighted by molar-refractivity contribution is 5.86. The van der Waals surface area contributed by atoms with Crippen LogP contribution in [0.1, 0.15) is 18.5 Å². The molecule has 0 aromatic carbocycles. The van der Waals surface area contributed by atoms with Crippen molar-refractivity contribution in [2.24, 2.45) is 5.73 Å². The summed E-state index contributed by atoms with van der Waals surface area (Å²) in [6.45, 7) is 2.17. The standard InChI is InChI=1S/C14H20N4O2/c15-8-11-7-12(3-4-16-11)18-5-6-20-9-13(18)14(19)17-10-1-2-10/h3-4,7,10,13H,1-2,5-6,8-9,15H2,(H,17,19). The van der Waals surface area contributed by atoms with Crippen molar-refractivity contribution in [3.8, 4) is 0 Å². The minimum Gasteiger partial charge on any atom is -0.377 e. The van der Waals surface area contributed by atoms with Crippen molar-refractivity contribution in [2.75, 3.05) is 24.7 Å². The van der Waals surface area contributed by atoms with Crippen molar-refractivity contribution in [3.05, 3.63) is 24.0 Å². The summed E-state index contributed by atoms with van der Waals surface area (Å²) in [5, 5.41) is 3.05. The molecule has 0 bridgehead atoms. The second kappa shape index (κ2) is 5.76. The van der Waals surface area contributed by atoms with Gasteiger partial charge in [0.15, 0.2) is 0 Å². The van der Waals surface area contributed by atoms with Crippen molar-refractivity contribution in [3.63, 3.8) is 0 Å². The molecule has 3 rings (SSSR count). The van der Waals surface area contributed by atoms with Gasteiger partial charge in [0.1, 0.15) is 6.04 Å². The topological polar surface area (TPSA) is 80.5 Å². The molecule has 2 aliphatic rings. The highest BCUT2D eigenvalue weighted by Gasteiger charge is 2.33. The quantitative estimate of drug-likeness (QED) is 0.810. The van der Waals surface area contributed by atoms with Crippen molar-refractivity contribution in [2.45, 2.75) is 31.5 Å². The molecule has 2 heterocycles. The Morgan fingerprint density at radius 2 is 2.40 bits per heavy atom. The van der Waals surface area contributed by atoms with E-state index in [0.717, 1.165) is 24.2 Å². The summed E-state index contributed by atoms with van der Waals surface area (Å²) >= 11 is 0. The Hall–Kier alpha value is -1.66. The number of carbonyl (C=O) groups is 1. The summed E-state index contributed by atoms with van der Waals surface area (Å²) < 4.78 is 5.47. The lowest BCUT2D eigenvalue weighted by Crippen LogP contribution is -2.54. The van der Waals surface area contributed by atoms with E-state index in [-0.39, 0.29) is 11.9 Å². The fraction of sp³-hybridized carbons (Fsp3) is 0.571. The summed E-state index contributed by atoms with van der Waals surface area (Å²) in [7, 11) is 0. The van der Waals surface area contributed by atoms with E-state index in [1.807, 2.05) is 12.1 Å². The Kier molecular flexibility index (Phi) is 3.84. The first-order valence-corrected chi connectivity index (χ1v) is 7.07. The molecular formula is C14H20N4O2. The molecule has 3 N–H and O–H groups in total. The minimum atomic E-state index is -0.266. The van der Waals surface area contributed by atoms with Gasteiger partial charge in [-0.25, -0.2) is 0 Å². The molecule has 0 spiro atoms. The van der Waals surface area contributed by atoms with E-state index in [2.05, 4.69) is 15.2 Å². The average Bonchev–Trinajstić information content (AvgIpc) is 3.31. The number of pyridine rings is 1. The van der Waals surface area contributed by atoms with Crippen LogP contribution in [0, 0.1) is 0 Å². The third kappa shape index (κ3) is 2.91. The van der Waals surface area contributed by atoms with Gasteiger partial charge in [0, 0.05) is 31.0 Å². The number of ether oxygens (including phenoxy) is 1. The monoisotopic (exact) mass is 276 g/mol.